The van der Waals surface area contributed by atoms with E-state index in [1.165, 1.54) is 24.6 Å². The number of aromatic nitrogens is 1. The molecule has 0 aromatic carbocycles. The van der Waals surface area contributed by atoms with Gasteiger partial charge in [-0.2, -0.15) is 0 Å². The van der Waals surface area contributed by atoms with Gasteiger partial charge in [-0.25, -0.2) is 9.78 Å². The lowest BCUT2D eigenvalue weighted by molar-refractivity contribution is 0.0607. The molecule has 2 heterocycles. The Bertz CT molecular complexity index is 667. The molecule has 0 aliphatic heterocycles. The predicted octanol–water partition coefficient (Wildman–Crippen LogP) is 2.07. The zero-order valence-corrected chi connectivity index (χ0v) is 11.8. The van der Waals surface area contributed by atoms with E-state index < -0.39 is 11.9 Å². The molecular formula is C13H13N3O3S. The average molecular weight is 291 g/mol. The van der Waals surface area contributed by atoms with Crippen LogP contribution in [0.5, 0.6) is 0 Å². The summed E-state index contributed by atoms with van der Waals surface area (Å²) in [5.41, 5.74) is 7.30. The molecule has 0 aliphatic carbocycles. The van der Waals surface area contributed by atoms with E-state index in [2.05, 4.69) is 15.0 Å². The average Bonchev–Trinajstić information content (AvgIpc) is 2.80. The third kappa shape index (κ3) is 2.62. The van der Waals surface area contributed by atoms with Crippen molar-refractivity contribution in [2.45, 2.75) is 6.92 Å². The topological polar surface area (TPSA) is 94.3 Å². The molecule has 0 radical (unpaired) electrons. The number of nitrogens with two attached hydrogens (primary N) is 1. The van der Waals surface area contributed by atoms with E-state index in [0.29, 0.717) is 10.6 Å². The quantitative estimate of drug-likeness (QED) is 0.844. The van der Waals surface area contributed by atoms with Crippen molar-refractivity contribution in [1.29, 1.82) is 0 Å². The zero-order chi connectivity index (χ0) is 14.7. The number of aryl methyl sites for hydroxylation is 1. The van der Waals surface area contributed by atoms with Crippen molar-refractivity contribution in [3.05, 3.63) is 39.8 Å². The highest BCUT2D eigenvalue weighted by atomic mass is 32.1. The predicted molar refractivity (Wildman–Crippen MR) is 77.0 cm³/mol. The fourth-order valence-electron chi connectivity index (χ4n) is 1.62. The first-order valence-electron chi connectivity index (χ1n) is 5.72. The van der Waals surface area contributed by atoms with Crippen LogP contribution in [0.4, 0.5) is 11.4 Å². The Morgan fingerprint density at radius 2 is 2.20 bits per heavy atom. The Kier molecular flexibility index (Phi) is 3.99. The van der Waals surface area contributed by atoms with Gasteiger partial charge in [0.25, 0.3) is 5.91 Å². The summed E-state index contributed by atoms with van der Waals surface area (Å²) in [5, 5.41) is 4.43. The molecule has 0 saturated heterocycles. The summed E-state index contributed by atoms with van der Waals surface area (Å²) in [7, 11) is 1.29. The highest BCUT2D eigenvalue weighted by Crippen LogP contribution is 2.28. The van der Waals surface area contributed by atoms with Crippen LogP contribution in [0.1, 0.15) is 25.7 Å². The molecule has 20 heavy (non-hydrogen) atoms. The number of methoxy groups -OCH3 is 1. The van der Waals surface area contributed by atoms with Gasteiger partial charge >= 0.3 is 5.97 Å². The molecule has 1 amide bonds. The molecule has 0 fully saturated rings. The maximum atomic E-state index is 12.1. The molecule has 3 N–H and O–H groups in total. The summed E-state index contributed by atoms with van der Waals surface area (Å²) in [6.07, 6.45) is 1.48. The van der Waals surface area contributed by atoms with Gasteiger partial charge in [-0.05, 0) is 30.0 Å². The molecule has 6 nitrogen and oxygen atoms in total. The maximum absolute atomic E-state index is 12.1. The van der Waals surface area contributed by atoms with Gasteiger partial charge in [-0.1, -0.05) is 0 Å². The van der Waals surface area contributed by atoms with Crippen molar-refractivity contribution >= 4 is 34.6 Å². The Morgan fingerprint density at radius 3 is 2.85 bits per heavy atom. The highest BCUT2D eigenvalue weighted by Gasteiger charge is 2.20. The molecule has 2 rings (SSSR count). The fourth-order valence-corrected chi connectivity index (χ4v) is 2.54. The van der Waals surface area contributed by atoms with Crippen LogP contribution in [-0.2, 0) is 4.74 Å². The van der Waals surface area contributed by atoms with Crippen molar-refractivity contribution in [1.82, 2.24) is 4.98 Å². The van der Waals surface area contributed by atoms with Crippen molar-refractivity contribution in [3.63, 3.8) is 0 Å². The van der Waals surface area contributed by atoms with E-state index in [0.717, 1.165) is 5.56 Å². The molecule has 104 valence electrons. The number of rotatable bonds is 3. The number of esters is 1. The van der Waals surface area contributed by atoms with E-state index in [1.807, 2.05) is 0 Å². The van der Waals surface area contributed by atoms with Gasteiger partial charge in [0.15, 0.2) is 5.69 Å². The second kappa shape index (κ2) is 5.70. The molecule has 7 heteroatoms. The minimum atomic E-state index is -0.493. The third-order valence-electron chi connectivity index (χ3n) is 2.64. The van der Waals surface area contributed by atoms with Crippen LogP contribution in [0.2, 0.25) is 0 Å². The first-order chi connectivity index (χ1) is 9.54. The van der Waals surface area contributed by atoms with E-state index in [4.69, 9.17) is 5.73 Å². The number of carbonyl (C=O) groups is 2. The lowest BCUT2D eigenvalue weighted by atomic mass is 10.2. The van der Waals surface area contributed by atoms with Gasteiger partial charge in [-0.3, -0.25) is 4.79 Å². The fraction of sp³-hybridized carbons (Fsp3) is 0.154. The number of nitrogens with zero attached hydrogens (tertiary/aromatic N) is 1. The number of anilines is 2. The summed E-state index contributed by atoms with van der Waals surface area (Å²) in [6, 6.07) is 3.23. The van der Waals surface area contributed by atoms with Crippen LogP contribution in [0.3, 0.4) is 0 Å². The smallest absolute Gasteiger partial charge is 0.350 e. The van der Waals surface area contributed by atoms with Gasteiger partial charge in [0, 0.05) is 6.20 Å². The number of hydrogen-bond acceptors (Lipinski definition) is 6. The number of ether oxygens (including phenoxy) is 1. The Labute approximate surface area is 119 Å². The maximum Gasteiger partial charge on any atom is 0.350 e. The molecule has 0 saturated carbocycles. The second-order valence-electron chi connectivity index (χ2n) is 4.01. The Balaban J connectivity index is 2.31. The lowest BCUT2D eigenvalue weighted by Gasteiger charge is -2.08. The van der Waals surface area contributed by atoms with Crippen LogP contribution in [-0.4, -0.2) is 24.0 Å². The number of amides is 1. The van der Waals surface area contributed by atoms with Crippen molar-refractivity contribution in [2.24, 2.45) is 0 Å². The third-order valence-corrected chi connectivity index (χ3v) is 3.72. The summed E-state index contributed by atoms with van der Waals surface area (Å²) in [4.78, 5) is 28.1. The van der Waals surface area contributed by atoms with Gasteiger partial charge in [0.1, 0.15) is 4.88 Å². The van der Waals surface area contributed by atoms with Crippen LogP contribution in [0.25, 0.3) is 0 Å². The summed E-state index contributed by atoms with van der Waals surface area (Å²) in [6.45, 7) is 1.79. The van der Waals surface area contributed by atoms with E-state index in [-0.39, 0.29) is 11.4 Å². The minimum Gasteiger partial charge on any atom is -0.465 e. The first-order valence-corrected chi connectivity index (χ1v) is 6.60. The standard InChI is InChI=1S/C13H13N3O3S/c1-7-6-20-11(13(18)19-2)9(7)16-12(17)10-8(14)4-3-5-15-10/h3-6H,14H2,1-2H3,(H,16,17). The monoisotopic (exact) mass is 291 g/mol. The van der Waals surface area contributed by atoms with Crippen LogP contribution < -0.4 is 11.1 Å². The van der Waals surface area contributed by atoms with Crippen LogP contribution >= 0.6 is 11.3 Å². The van der Waals surface area contributed by atoms with E-state index in [1.54, 1.807) is 24.4 Å². The summed E-state index contributed by atoms with van der Waals surface area (Å²) in [5.74, 6) is -0.956. The summed E-state index contributed by atoms with van der Waals surface area (Å²) < 4.78 is 4.68. The number of nitrogen functional groups attached to an aromatic ring is 1. The van der Waals surface area contributed by atoms with Gasteiger partial charge in [0.05, 0.1) is 18.5 Å². The zero-order valence-electron chi connectivity index (χ0n) is 11.0. The SMILES string of the molecule is COC(=O)c1scc(C)c1NC(=O)c1ncccc1N. The molecular weight excluding hydrogens is 278 g/mol. The lowest BCUT2D eigenvalue weighted by Crippen LogP contribution is -2.17. The summed E-state index contributed by atoms with van der Waals surface area (Å²) >= 11 is 1.21. The normalized spacial score (nSPS) is 10.1. The molecule has 0 spiro atoms. The Morgan fingerprint density at radius 1 is 1.45 bits per heavy atom. The van der Waals surface area contributed by atoms with Gasteiger partial charge in [0.2, 0.25) is 0 Å². The number of thiophene rings is 1. The molecule has 0 aliphatic rings. The van der Waals surface area contributed by atoms with E-state index in [9.17, 15) is 9.59 Å². The van der Waals surface area contributed by atoms with E-state index >= 15 is 0 Å². The number of carbonyl (C=O) groups excluding carboxylic acids is 2. The number of hydrogen-bond donors (Lipinski definition) is 2. The molecule has 0 unspecified atom stereocenters. The molecule has 2 aromatic heterocycles. The first kappa shape index (κ1) is 14.0. The van der Waals surface area contributed by atoms with Gasteiger partial charge < -0.3 is 15.8 Å². The minimum absolute atomic E-state index is 0.119. The van der Waals surface area contributed by atoms with Crippen molar-refractivity contribution in [3.8, 4) is 0 Å². The number of pyridine rings is 1. The molecule has 0 bridgehead atoms. The molecule has 2 aromatic rings. The van der Waals surface area contributed by atoms with Crippen molar-refractivity contribution in [2.75, 3.05) is 18.2 Å². The largest absolute Gasteiger partial charge is 0.465 e. The van der Waals surface area contributed by atoms with Gasteiger partial charge in [-0.15, -0.1) is 11.3 Å². The van der Waals surface area contributed by atoms with Crippen LogP contribution in [0.15, 0.2) is 23.7 Å². The van der Waals surface area contributed by atoms with Crippen LogP contribution in [0, 0.1) is 6.92 Å². The number of nitrogens with one attached hydrogen (secondary N) is 1. The second-order valence-corrected chi connectivity index (χ2v) is 4.89. The van der Waals surface area contributed by atoms with Crippen molar-refractivity contribution < 1.29 is 14.3 Å². The molecule has 0 atom stereocenters. The highest BCUT2D eigenvalue weighted by molar-refractivity contribution is 7.12. The Hall–Kier alpha value is -2.41.